The van der Waals surface area contributed by atoms with Gasteiger partial charge in [0.25, 0.3) is 0 Å². The van der Waals surface area contributed by atoms with E-state index in [0.717, 1.165) is 13.1 Å². The molecule has 0 amide bonds. The molecule has 0 saturated carbocycles. The van der Waals surface area contributed by atoms with Crippen molar-refractivity contribution in [3.05, 3.63) is 109 Å². The molecular formula is C34H40N4+2. The number of hydrogen-bond donors (Lipinski definition) is 0. The van der Waals surface area contributed by atoms with Gasteiger partial charge in [-0.25, -0.2) is 9.13 Å². The van der Waals surface area contributed by atoms with Crippen LogP contribution in [0.25, 0.3) is 11.1 Å². The molecule has 0 radical (unpaired) electrons. The first-order valence-electron chi connectivity index (χ1n) is 14.5. The lowest BCUT2D eigenvalue weighted by Crippen LogP contribution is -2.35. The topological polar surface area (TPSA) is 14.2 Å². The highest BCUT2D eigenvalue weighted by atomic mass is 15.1. The third kappa shape index (κ3) is 6.07. The van der Waals surface area contributed by atoms with Crippen LogP contribution in [0.1, 0.15) is 49.7 Å². The first-order valence-corrected chi connectivity index (χ1v) is 14.5. The van der Waals surface area contributed by atoms with Crippen molar-refractivity contribution < 1.29 is 9.13 Å². The van der Waals surface area contributed by atoms with Gasteiger partial charge < -0.3 is 9.80 Å². The van der Waals surface area contributed by atoms with Crippen LogP contribution < -0.4 is 18.9 Å². The van der Waals surface area contributed by atoms with E-state index in [1.54, 1.807) is 0 Å². The highest BCUT2D eigenvalue weighted by molar-refractivity contribution is 5.64. The molecule has 0 aliphatic carbocycles. The maximum atomic E-state index is 2.51. The van der Waals surface area contributed by atoms with E-state index in [-0.39, 0.29) is 0 Å². The molecule has 2 aliphatic rings. The molecule has 0 N–H and O–H groups in total. The van der Waals surface area contributed by atoms with Crippen LogP contribution in [0.5, 0.6) is 0 Å². The number of hydrogen-bond acceptors (Lipinski definition) is 2. The standard InChI is InChI=1S/C34H40N4/c1-3-19-37(20-4-1)33-15-23-35(24-16-33)27-29-7-11-31(12-8-29)32-13-9-30(10-14-32)28-36-25-17-34(18-26-36)38-21-5-2-6-22-38/h7-18,23-26H,1-6,19-22,27-28H2/q+2. The van der Waals surface area contributed by atoms with Crippen LogP contribution in [-0.4, -0.2) is 26.2 Å². The van der Waals surface area contributed by atoms with Crippen LogP contribution in [0.3, 0.4) is 0 Å². The Morgan fingerprint density at radius 2 is 0.763 bits per heavy atom. The number of rotatable bonds is 7. The van der Waals surface area contributed by atoms with Gasteiger partial charge in [0.2, 0.25) is 0 Å². The average Bonchev–Trinajstić information content (AvgIpc) is 3.00. The Hall–Kier alpha value is -3.66. The summed E-state index contributed by atoms with van der Waals surface area (Å²) in [6, 6.07) is 27.1. The molecule has 2 aromatic carbocycles. The van der Waals surface area contributed by atoms with Crippen LogP contribution in [0.15, 0.2) is 97.6 Å². The van der Waals surface area contributed by atoms with Crippen molar-refractivity contribution in [3.8, 4) is 11.1 Å². The molecule has 2 fully saturated rings. The summed E-state index contributed by atoms with van der Waals surface area (Å²) in [7, 11) is 0. The van der Waals surface area contributed by atoms with Gasteiger partial charge in [0, 0.05) is 72.9 Å². The summed E-state index contributed by atoms with van der Waals surface area (Å²) in [5, 5.41) is 0. The third-order valence-electron chi connectivity index (χ3n) is 8.16. The van der Waals surface area contributed by atoms with Crippen molar-refractivity contribution in [2.45, 2.75) is 51.6 Å². The maximum absolute atomic E-state index is 2.51. The van der Waals surface area contributed by atoms with E-state index < -0.39 is 0 Å². The lowest BCUT2D eigenvalue weighted by Gasteiger charge is -2.28. The molecule has 194 valence electrons. The van der Waals surface area contributed by atoms with E-state index in [9.17, 15) is 0 Å². The van der Waals surface area contributed by atoms with Crippen molar-refractivity contribution in [1.82, 2.24) is 0 Å². The smallest absolute Gasteiger partial charge is 0.173 e. The van der Waals surface area contributed by atoms with E-state index in [2.05, 4.69) is 117 Å². The van der Waals surface area contributed by atoms with Crippen LogP contribution in [-0.2, 0) is 13.1 Å². The Bertz CT molecular complexity index is 1180. The molecule has 2 saturated heterocycles. The monoisotopic (exact) mass is 504 g/mol. The Morgan fingerprint density at radius 1 is 0.421 bits per heavy atom. The second kappa shape index (κ2) is 11.8. The molecule has 2 aliphatic heterocycles. The fourth-order valence-corrected chi connectivity index (χ4v) is 5.86. The van der Waals surface area contributed by atoms with E-state index in [1.807, 2.05) is 0 Å². The molecule has 4 aromatic rings. The van der Waals surface area contributed by atoms with Gasteiger partial charge in [-0.15, -0.1) is 0 Å². The van der Waals surface area contributed by atoms with E-state index in [1.165, 1.54) is 98.3 Å². The highest BCUT2D eigenvalue weighted by Crippen LogP contribution is 2.22. The summed E-state index contributed by atoms with van der Waals surface area (Å²) in [6.45, 7) is 6.56. The van der Waals surface area contributed by atoms with Gasteiger partial charge in [-0.2, -0.15) is 0 Å². The summed E-state index contributed by atoms with van der Waals surface area (Å²) < 4.78 is 4.54. The van der Waals surface area contributed by atoms with E-state index >= 15 is 0 Å². The Morgan fingerprint density at radius 3 is 1.11 bits per heavy atom. The van der Waals surface area contributed by atoms with Crippen LogP contribution in [0.2, 0.25) is 0 Å². The SMILES string of the molecule is c1cc(-c2ccc(C[n+]3ccc(N4CCCCC4)cc3)cc2)ccc1C[n+]1ccc(N2CCCCC2)cc1. The van der Waals surface area contributed by atoms with Gasteiger partial charge in [-0.1, -0.05) is 48.5 Å². The molecule has 6 rings (SSSR count). The Kier molecular flexibility index (Phi) is 7.66. The van der Waals surface area contributed by atoms with Gasteiger partial charge in [-0.05, 0) is 49.7 Å². The van der Waals surface area contributed by atoms with Crippen molar-refractivity contribution in [2.24, 2.45) is 0 Å². The quantitative estimate of drug-likeness (QED) is 0.286. The van der Waals surface area contributed by atoms with E-state index in [0.29, 0.717) is 0 Å². The predicted octanol–water partition coefficient (Wildman–Crippen LogP) is 6.01. The highest BCUT2D eigenvalue weighted by Gasteiger charge is 2.14. The number of aromatic nitrogens is 2. The van der Waals surface area contributed by atoms with Gasteiger partial charge in [0.05, 0.1) is 0 Å². The lowest BCUT2D eigenvalue weighted by atomic mass is 10.0. The second-order valence-corrected chi connectivity index (χ2v) is 10.9. The minimum atomic E-state index is 0.896. The Labute approximate surface area is 227 Å². The summed E-state index contributed by atoms with van der Waals surface area (Å²) in [5.41, 5.74) is 7.89. The number of pyridine rings is 2. The van der Waals surface area contributed by atoms with Crippen LogP contribution in [0.4, 0.5) is 11.4 Å². The largest absolute Gasteiger partial charge is 0.371 e. The zero-order chi connectivity index (χ0) is 25.6. The molecule has 4 heterocycles. The van der Waals surface area contributed by atoms with Crippen molar-refractivity contribution in [3.63, 3.8) is 0 Å². The van der Waals surface area contributed by atoms with Crippen molar-refractivity contribution in [2.75, 3.05) is 36.0 Å². The maximum Gasteiger partial charge on any atom is 0.173 e. The van der Waals surface area contributed by atoms with Gasteiger partial charge in [0.15, 0.2) is 37.9 Å². The van der Waals surface area contributed by atoms with Crippen LogP contribution >= 0.6 is 0 Å². The molecule has 0 atom stereocenters. The summed E-state index contributed by atoms with van der Waals surface area (Å²) in [4.78, 5) is 5.03. The van der Waals surface area contributed by atoms with Crippen molar-refractivity contribution in [1.29, 1.82) is 0 Å². The molecule has 0 unspecified atom stereocenters. The minimum Gasteiger partial charge on any atom is -0.371 e. The molecule has 0 spiro atoms. The molecule has 4 heteroatoms. The molecular weight excluding hydrogens is 464 g/mol. The number of benzene rings is 2. The zero-order valence-corrected chi connectivity index (χ0v) is 22.5. The minimum absolute atomic E-state index is 0.896. The normalized spacial score (nSPS) is 16.0. The Balaban J connectivity index is 1.04. The van der Waals surface area contributed by atoms with Gasteiger partial charge >= 0.3 is 0 Å². The van der Waals surface area contributed by atoms with Gasteiger partial charge in [0.1, 0.15) is 0 Å². The number of piperidine rings is 2. The summed E-state index contributed by atoms with van der Waals surface area (Å²) in [5.74, 6) is 0. The number of nitrogens with zero attached hydrogens (tertiary/aromatic N) is 4. The summed E-state index contributed by atoms with van der Waals surface area (Å²) in [6.07, 6.45) is 16.9. The lowest BCUT2D eigenvalue weighted by molar-refractivity contribution is -0.688. The summed E-state index contributed by atoms with van der Waals surface area (Å²) >= 11 is 0. The van der Waals surface area contributed by atoms with E-state index in [4.69, 9.17) is 0 Å². The predicted molar refractivity (Wildman–Crippen MR) is 155 cm³/mol. The zero-order valence-electron chi connectivity index (χ0n) is 22.5. The first-order chi connectivity index (χ1) is 18.8. The van der Waals surface area contributed by atoms with Gasteiger partial charge in [-0.3, -0.25) is 0 Å². The molecule has 4 nitrogen and oxygen atoms in total. The van der Waals surface area contributed by atoms with Crippen LogP contribution in [0, 0.1) is 0 Å². The average molecular weight is 505 g/mol. The van der Waals surface area contributed by atoms with Crippen molar-refractivity contribution >= 4 is 11.4 Å². The fourth-order valence-electron chi connectivity index (χ4n) is 5.86. The molecule has 2 aromatic heterocycles. The first kappa shape index (κ1) is 24.7. The third-order valence-corrected chi connectivity index (χ3v) is 8.16. The molecule has 0 bridgehead atoms. The second-order valence-electron chi connectivity index (χ2n) is 10.9. The molecule has 38 heavy (non-hydrogen) atoms. The fraction of sp³-hybridized carbons (Fsp3) is 0.353. The number of anilines is 2.